The first-order valence-corrected chi connectivity index (χ1v) is 12.7. The van der Waals surface area contributed by atoms with Gasteiger partial charge in [0.05, 0.1) is 25.4 Å². The third-order valence-electron chi connectivity index (χ3n) is 6.09. The van der Waals surface area contributed by atoms with Crippen LogP contribution in [0.25, 0.3) is 11.1 Å². The van der Waals surface area contributed by atoms with Crippen molar-refractivity contribution in [2.45, 2.75) is 25.8 Å². The molecule has 3 N–H and O–H groups in total. The lowest BCUT2D eigenvalue weighted by atomic mass is 10.0. The van der Waals surface area contributed by atoms with Crippen LogP contribution < -0.4 is 15.6 Å². The van der Waals surface area contributed by atoms with Gasteiger partial charge in [0.2, 0.25) is 0 Å². The van der Waals surface area contributed by atoms with E-state index in [-0.39, 0.29) is 31.4 Å². The Balaban J connectivity index is 1.38. The fraction of sp³-hybridized carbons (Fsp3) is 0.357. The minimum absolute atomic E-state index is 0.0219. The van der Waals surface area contributed by atoms with Crippen molar-refractivity contribution in [1.29, 1.82) is 0 Å². The number of ether oxygens (including phenoxy) is 1. The molecule has 0 aliphatic carbocycles. The van der Waals surface area contributed by atoms with Crippen LogP contribution in [0.1, 0.15) is 35.6 Å². The first-order valence-electron chi connectivity index (χ1n) is 12.7. The topological polar surface area (TPSA) is 107 Å². The Labute approximate surface area is 217 Å². The molecule has 4 rings (SSSR count). The molecule has 0 saturated carbocycles. The van der Waals surface area contributed by atoms with E-state index in [1.54, 1.807) is 17.1 Å². The predicted molar refractivity (Wildman–Crippen MR) is 141 cm³/mol. The van der Waals surface area contributed by atoms with Crippen LogP contribution in [0.15, 0.2) is 71.1 Å². The van der Waals surface area contributed by atoms with Crippen LogP contribution in [-0.2, 0) is 11.3 Å². The normalized spacial score (nSPS) is 13.8. The van der Waals surface area contributed by atoms with Crippen LogP contribution in [0.2, 0.25) is 0 Å². The molecule has 0 atom stereocenters. The molecule has 0 radical (unpaired) electrons. The highest BCUT2D eigenvalue weighted by atomic mass is 16.6. The number of amides is 2. The number of nitrogens with zero attached hydrogens (tertiary/aromatic N) is 2. The Bertz CT molecular complexity index is 1140. The van der Waals surface area contributed by atoms with E-state index >= 15 is 0 Å². The Morgan fingerprint density at radius 3 is 2.49 bits per heavy atom. The molecular weight excluding hydrogens is 472 g/mol. The maximum Gasteiger partial charge on any atom is 0.429 e. The molecule has 1 saturated heterocycles. The number of hydrazine groups is 1. The van der Waals surface area contributed by atoms with Crippen molar-refractivity contribution >= 4 is 17.7 Å². The average Bonchev–Trinajstić information content (AvgIpc) is 3.42. The molecular formula is C28H34N4O5. The van der Waals surface area contributed by atoms with Gasteiger partial charge in [0.15, 0.2) is 5.76 Å². The van der Waals surface area contributed by atoms with Gasteiger partial charge < -0.3 is 24.9 Å². The zero-order valence-electron chi connectivity index (χ0n) is 20.9. The summed E-state index contributed by atoms with van der Waals surface area (Å²) in [5.41, 5.74) is 2.73. The van der Waals surface area contributed by atoms with Crippen LogP contribution in [-0.4, -0.2) is 61.5 Å². The number of anilines is 1. The minimum Gasteiger partial charge on any atom is -0.455 e. The molecule has 0 unspecified atom stereocenters. The molecule has 1 aliphatic rings. The summed E-state index contributed by atoms with van der Waals surface area (Å²) in [4.78, 5) is 25.8. The number of benzene rings is 2. The number of hydrogen-bond acceptors (Lipinski definition) is 7. The number of para-hydroxylation sites is 1. The summed E-state index contributed by atoms with van der Waals surface area (Å²) in [6.45, 7) is 2.59. The van der Waals surface area contributed by atoms with Crippen molar-refractivity contribution in [3.63, 3.8) is 0 Å². The standard InChI is InChI=1S/C28H34N4O5/c33-19-15-29-21-23-13-14-26(37-23)27(34)30-16-20-36-28(35)32(31-17-7-2-8-18-31)25-12-6-5-11-24(25)22-9-3-1-4-10-22/h1,3-6,9-14,29,33H,2,7-8,15-21H2,(H,30,34). The van der Waals surface area contributed by atoms with E-state index in [2.05, 4.69) is 10.6 Å². The second-order valence-electron chi connectivity index (χ2n) is 8.75. The minimum atomic E-state index is -0.477. The van der Waals surface area contributed by atoms with E-state index in [1.165, 1.54) is 0 Å². The predicted octanol–water partition coefficient (Wildman–Crippen LogP) is 3.80. The zero-order chi connectivity index (χ0) is 25.9. The molecule has 0 spiro atoms. The van der Waals surface area contributed by atoms with Crippen molar-refractivity contribution in [3.05, 3.63) is 78.3 Å². The van der Waals surface area contributed by atoms with E-state index < -0.39 is 6.09 Å². The fourth-order valence-electron chi connectivity index (χ4n) is 4.30. The maximum absolute atomic E-state index is 13.4. The molecule has 3 aromatic rings. The Morgan fingerprint density at radius 1 is 0.946 bits per heavy atom. The molecule has 2 aromatic carbocycles. The van der Waals surface area contributed by atoms with Crippen molar-refractivity contribution < 1.29 is 23.8 Å². The fourth-order valence-corrected chi connectivity index (χ4v) is 4.30. The number of aliphatic hydroxyl groups is 1. The maximum atomic E-state index is 13.4. The summed E-state index contributed by atoms with van der Waals surface area (Å²) in [6, 6.07) is 21.1. The van der Waals surface area contributed by atoms with Crippen molar-refractivity contribution in [3.8, 4) is 11.1 Å². The van der Waals surface area contributed by atoms with Crippen LogP contribution in [0.4, 0.5) is 10.5 Å². The summed E-state index contributed by atoms with van der Waals surface area (Å²) in [7, 11) is 0. The van der Waals surface area contributed by atoms with E-state index in [9.17, 15) is 9.59 Å². The number of rotatable bonds is 11. The number of piperidine rings is 1. The van der Waals surface area contributed by atoms with Crippen molar-refractivity contribution in [2.75, 3.05) is 44.4 Å². The van der Waals surface area contributed by atoms with Gasteiger partial charge in [-0.2, -0.15) is 0 Å². The van der Waals surface area contributed by atoms with E-state index in [4.69, 9.17) is 14.3 Å². The number of aliphatic hydroxyl groups excluding tert-OH is 1. The first-order chi connectivity index (χ1) is 18.2. The molecule has 2 amide bonds. The summed E-state index contributed by atoms with van der Waals surface area (Å²) < 4.78 is 11.1. The zero-order valence-corrected chi connectivity index (χ0v) is 20.9. The highest BCUT2D eigenvalue weighted by molar-refractivity contribution is 5.93. The largest absolute Gasteiger partial charge is 0.455 e. The highest BCUT2D eigenvalue weighted by Crippen LogP contribution is 2.33. The van der Waals surface area contributed by atoms with Crippen LogP contribution in [0.5, 0.6) is 0 Å². The van der Waals surface area contributed by atoms with Gasteiger partial charge in [-0.3, -0.25) is 4.79 Å². The van der Waals surface area contributed by atoms with Gasteiger partial charge in [-0.1, -0.05) is 55.0 Å². The lowest BCUT2D eigenvalue weighted by Crippen LogP contribution is -2.50. The molecule has 1 aromatic heterocycles. The van der Waals surface area contributed by atoms with Gasteiger partial charge >= 0.3 is 6.09 Å². The SMILES string of the molecule is O=C(NCCOC(=O)N(c1ccccc1-c1ccccc1)N1CCCCC1)c1ccc(CNCCO)o1. The second-order valence-corrected chi connectivity index (χ2v) is 8.75. The molecule has 196 valence electrons. The quantitative estimate of drug-likeness (QED) is 0.340. The van der Waals surface area contributed by atoms with Gasteiger partial charge in [-0.15, -0.1) is 0 Å². The number of nitrogens with one attached hydrogen (secondary N) is 2. The first kappa shape index (κ1) is 26.4. The van der Waals surface area contributed by atoms with E-state index in [0.717, 1.165) is 49.2 Å². The summed E-state index contributed by atoms with van der Waals surface area (Å²) in [5.74, 6) is 0.393. The van der Waals surface area contributed by atoms with E-state index in [0.29, 0.717) is 18.8 Å². The molecule has 2 heterocycles. The number of furan rings is 1. The third-order valence-corrected chi connectivity index (χ3v) is 6.09. The molecule has 0 bridgehead atoms. The highest BCUT2D eigenvalue weighted by Gasteiger charge is 2.28. The van der Waals surface area contributed by atoms with Crippen LogP contribution >= 0.6 is 0 Å². The van der Waals surface area contributed by atoms with Gasteiger partial charge in [-0.05, 0) is 36.6 Å². The van der Waals surface area contributed by atoms with Crippen LogP contribution in [0, 0.1) is 0 Å². The van der Waals surface area contributed by atoms with Gasteiger partial charge in [0, 0.05) is 25.2 Å². The molecule has 1 fully saturated rings. The Morgan fingerprint density at radius 2 is 1.70 bits per heavy atom. The molecule has 1 aliphatic heterocycles. The Hall–Kier alpha value is -3.66. The number of carbonyl (C=O) groups excluding carboxylic acids is 2. The van der Waals surface area contributed by atoms with Crippen molar-refractivity contribution in [1.82, 2.24) is 15.6 Å². The van der Waals surface area contributed by atoms with Crippen molar-refractivity contribution in [2.24, 2.45) is 0 Å². The smallest absolute Gasteiger partial charge is 0.429 e. The lowest BCUT2D eigenvalue weighted by molar-refractivity contribution is 0.0898. The van der Waals surface area contributed by atoms with Crippen LogP contribution in [0.3, 0.4) is 0 Å². The Kier molecular flexibility index (Phi) is 9.70. The lowest BCUT2D eigenvalue weighted by Gasteiger charge is -2.37. The third kappa shape index (κ3) is 7.19. The summed E-state index contributed by atoms with van der Waals surface area (Å²) in [5, 5.41) is 18.2. The molecule has 9 nitrogen and oxygen atoms in total. The number of hydrogen-bond donors (Lipinski definition) is 3. The van der Waals surface area contributed by atoms with Gasteiger partial charge in [0.1, 0.15) is 12.4 Å². The second kappa shape index (κ2) is 13.6. The number of carbonyl (C=O) groups is 2. The van der Waals surface area contributed by atoms with Gasteiger partial charge in [-0.25, -0.2) is 14.8 Å². The summed E-state index contributed by atoms with van der Waals surface area (Å²) >= 11 is 0. The summed E-state index contributed by atoms with van der Waals surface area (Å²) in [6.07, 6.45) is 2.68. The van der Waals surface area contributed by atoms with E-state index in [1.807, 2.05) is 59.6 Å². The monoisotopic (exact) mass is 506 g/mol. The average molecular weight is 507 g/mol. The van der Waals surface area contributed by atoms with Gasteiger partial charge in [0.25, 0.3) is 5.91 Å². The molecule has 9 heteroatoms. The molecule has 37 heavy (non-hydrogen) atoms.